The molecule has 0 aliphatic carbocycles. The van der Waals surface area contributed by atoms with Crippen LogP contribution in [0.25, 0.3) is 27.7 Å². The summed E-state index contributed by atoms with van der Waals surface area (Å²) in [4.78, 5) is 0. The molecule has 0 aliphatic heterocycles. The van der Waals surface area contributed by atoms with Gasteiger partial charge in [-0.25, -0.2) is 4.68 Å². The second kappa shape index (κ2) is 5.44. The maximum Gasteiger partial charge on any atom is 0.144 e. The number of benzene rings is 3. The SMILES string of the molecule is Oc1cc(-n2nnc(S)c2-c2ccccc2)c2ccccc2c1. The molecule has 0 saturated heterocycles. The highest BCUT2D eigenvalue weighted by Gasteiger charge is 2.16. The Morgan fingerprint density at radius 1 is 0.913 bits per heavy atom. The second-order valence-electron chi connectivity index (χ2n) is 5.23. The van der Waals surface area contributed by atoms with Crippen LogP contribution >= 0.6 is 12.6 Å². The summed E-state index contributed by atoms with van der Waals surface area (Å²) >= 11 is 4.44. The van der Waals surface area contributed by atoms with E-state index in [1.807, 2.05) is 54.6 Å². The molecule has 4 nitrogen and oxygen atoms in total. The van der Waals surface area contributed by atoms with E-state index in [4.69, 9.17) is 0 Å². The Hall–Kier alpha value is -2.79. The Morgan fingerprint density at radius 2 is 1.65 bits per heavy atom. The summed E-state index contributed by atoms with van der Waals surface area (Å²) in [5.74, 6) is 0.189. The average Bonchev–Trinajstić information content (AvgIpc) is 2.96. The van der Waals surface area contributed by atoms with Crippen molar-refractivity contribution < 1.29 is 5.11 Å². The van der Waals surface area contributed by atoms with Crippen molar-refractivity contribution in [3.8, 4) is 22.7 Å². The number of phenolic OH excluding ortho intramolecular Hbond substituents is 1. The fourth-order valence-electron chi connectivity index (χ4n) is 2.74. The fourth-order valence-corrected chi connectivity index (χ4v) is 3.00. The van der Waals surface area contributed by atoms with E-state index < -0.39 is 0 Å². The molecule has 23 heavy (non-hydrogen) atoms. The highest BCUT2D eigenvalue weighted by atomic mass is 32.1. The summed E-state index contributed by atoms with van der Waals surface area (Å²) in [5, 5.41) is 20.9. The Bertz CT molecular complexity index is 996. The molecule has 4 aromatic rings. The third-order valence-corrected chi connectivity index (χ3v) is 4.05. The molecule has 0 fully saturated rings. The standard InChI is InChI=1S/C18H13N3OS/c22-14-10-13-8-4-5-9-15(13)16(11-14)21-17(18(23)19-20-21)12-6-2-1-3-7-12/h1-11,22-23H. The van der Waals surface area contributed by atoms with Gasteiger partial charge in [-0.1, -0.05) is 59.8 Å². The van der Waals surface area contributed by atoms with Crippen molar-refractivity contribution in [2.75, 3.05) is 0 Å². The van der Waals surface area contributed by atoms with Crippen LogP contribution in [0, 0.1) is 0 Å². The molecule has 3 aromatic carbocycles. The predicted octanol–water partition coefficient (Wildman–Crippen LogP) is 4.08. The second-order valence-corrected chi connectivity index (χ2v) is 5.65. The molecule has 112 valence electrons. The Morgan fingerprint density at radius 3 is 2.48 bits per heavy atom. The minimum Gasteiger partial charge on any atom is -0.508 e. The van der Waals surface area contributed by atoms with Crippen molar-refractivity contribution in [3.05, 3.63) is 66.7 Å². The number of fused-ring (bicyclic) bond motifs is 1. The van der Waals surface area contributed by atoms with Crippen molar-refractivity contribution in [1.29, 1.82) is 0 Å². The zero-order chi connectivity index (χ0) is 15.8. The number of thiol groups is 1. The van der Waals surface area contributed by atoms with Crippen LogP contribution in [-0.4, -0.2) is 20.1 Å². The quantitative estimate of drug-likeness (QED) is 0.547. The van der Waals surface area contributed by atoms with Crippen LogP contribution in [0.2, 0.25) is 0 Å². The molecule has 1 aromatic heterocycles. The normalized spacial score (nSPS) is 11.0. The first kappa shape index (κ1) is 13.8. The first-order chi connectivity index (χ1) is 11.2. The summed E-state index contributed by atoms with van der Waals surface area (Å²) < 4.78 is 1.72. The molecular formula is C18H13N3OS. The van der Waals surface area contributed by atoms with Gasteiger partial charge >= 0.3 is 0 Å². The smallest absolute Gasteiger partial charge is 0.144 e. The number of aromatic hydroxyl groups is 1. The van der Waals surface area contributed by atoms with Gasteiger partial charge in [0.1, 0.15) is 16.5 Å². The van der Waals surface area contributed by atoms with Gasteiger partial charge in [0.05, 0.1) is 5.69 Å². The van der Waals surface area contributed by atoms with E-state index in [9.17, 15) is 5.11 Å². The summed E-state index contributed by atoms with van der Waals surface area (Å²) in [6, 6.07) is 21.1. The number of hydrogen-bond donors (Lipinski definition) is 2. The topological polar surface area (TPSA) is 50.9 Å². The molecule has 1 N–H and O–H groups in total. The van der Waals surface area contributed by atoms with Gasteiger partial charge in [0, 0.05) is 17.0 Å². The van der Waals surface area contributed by atoms with Crippen molar-refractivity contribution in [2.24, 2.45) is 0 Å². The number of rotatable bonds is 2. The summed E-state index contributed by atoms with van der Waals surface area (Å²) in [6.45, 7) is 0. The highest BCUT2D eigenvalue weighted by Crippen LogP contribution is 2.32. The van der Waals surface area contributed by atoms with Crippen LogP contribution in [0.1, 0.15) is 0 Å². The lowest BCUT2D eigenvalue weighted by molar-refractivity contribution is 0.475. The lowest BCUT2D eigenvalue weighted by Gasteiger charge is -2.11. The van der Waals surface area contributed by atoms with E-state index in [-0.39, 0.29) is 5.75 Å². The molecule has 0 radical (unpaired) electrons. The van der Waals surface area contributed by atoms with E-state index in [2.05, 4.69) is 22.9 Å². The molecule has 4 rings (SSSR count). The first-order valence-corrected chi connectivity index (χ1v) is 7.61. The molecule has 0 atom stereocenters. The number of nitrogens with zero attached hydrogens (tertiary/aromatic N) is 3. The Balaban J connectivity index is 2.04. The van der Waals surface area contributed by atoms with Crippen LogP contribution in [-0.2, 0) is 0 Å². The molecule has 5 heteroatoms. The van der Waals surface area contributed by atoms with Gasteiger partial charge in [-0.2, -0.15) is 0 Å². The van der Waals surface area contributed by atoms with E-state index in [1.165, 1.54) is 0 Å². The minimum atomic E-state index is 0.189. The third kappa shape index (κ3) is 2.35. The van der Waals surface area contributed by atoms with Crippen molar-refractivity contribution in [3.63, 3.8) is 0 Å². The van der Waals surface area contributed by atoms with Crippen LogP contribution in [0.15, 0.2) is 71.8 Å². The number of aromatic nitrogens is 3. The highest BCUT2D eigenvalue weighted by molar-refractivity contribution is 7.80. The van der Waals surface area contributed by atoms with E-state index in [0.717, 1.165) is 27.7 Å². The van der Waals surface area contributed by atoms with Gasteiger partial charge in [0.25, 0.3) is 0 Å². The fraction of sp³-hybridized carbons (Fsp3) is 0. The van der Waals surface area contributed by atoms with E-state index in [1.54, 1.807) is 16.8 Å². The number of phenols is 1. The Labute approximate surface area is 138 Å². The van der Waals surface area contributed by atoms with Crippen molar-refractivity contribution in [1.82, 2.24) is 15.0 Å². The molecule has 0 saturated carbocycles. The van der Waals surface area contributed by atoms with E-state index in [0.29, 0.717) is 5.03 Å². The molecule has 1 heterocycles. The molecule has 0 spiro atoms. The summed E-state index contributed by atoms with van der Waals surface area (Å²) in [7, 11) is 0. The van der Waals surface area contributed by atoms with Gasteiger partial charge < -0.3 is 5.11 Å². The lowest BCUT2D eigenvalue weighted by atomic mass is 10.1. The molecule has 0 amide bonds. The Kier molecular flexibility index (Phi) is 3.28. The van der Waals surface area contributed by atoms with Crippen LogP contribution in [0.5, 0.6) is 5.75 Å². The maximum absolute atomic E-state index is 10.1. The largest absolute Gasteiger partial charge is 0.508 e. The first-order valence-electron chi connectivity index (χ1n) is 7.16. The summed E-state index contributed by atoms with van der Waals surface area (Å²) in [5.41, 5.74) is 2.53. The van der Waals surface area contributed by atoms with Gasteiger partial charge in [0.2, 0.25) is 0 Å². The van der Waals surface area contributed by atoms with Crippen LogP contribution in [0.4, 0.5) is 0 Å². The molecule has 0 unspecified atom stereocenters. The van der Waals surface area contributed by atoms with Gasteiger partial charge in [0.15, 0.2) is 0 Å². The number of hydrogen-bond acceptors (Lipinski definition) is 4. The molecular weight excluding hydrogens is 306 g/mol. The summed E-state index contributed by atoms with van der Waals surface area (Å²) in [6.07, 6.45) is 0. The van der Waals surface area contributed by atoms with Crippen LogP contribution in [0.3, 0.4) is 0 Å². The third-order valence-electron chi connectivity index (χ3n) is 3.75. The lowest BCUT2D eigenvalue weighted by Crippen LogP contribution is -2.00. The van der Waals surface area contributed by atoms with Crippen molar-refractivity contribution >= 4 is 23.4 Å². The van der Waals surface area contributed by atoms with Crippen LogP contribution < -0.4 is 0 Å². The maximum atomic E-state index is 10.1. The van der Waals surface area contributed by atoms with Gasteiger partial charge in [-0.05, 0) is 11.5 Å². The molecule has 0 aliphatic rings. The molecule has 0 bridgehead atoms. The van der Waals surface area contributed by atoms with Gasteiger partial charge in [-0.3, -0.25) is 0 Å². The zero-order valence-electron chi connectivity index (χ0n) is 12.1. The monoisotopic (exact) mass is 319 g/mol. The van der Waals surface area contributed by atoms with Crippen molar-refractivity contribution in [2.45, 2.75) is 5.03 Å². The van der Waals surface area contributed by atoms with Gasteiger partial charge in [-0.15, -0.1) is 17.7 Å². The average molecular weight is 319 g/mol. The minimum absolute atomic E-state index is 0.189. The predicted molar refractivity (Wildman–Crippen MR) is 93.2 cm³/mol. The van der Waals surface area contributed by atoms with E-state index >= 15 is 0 Å². The zero-order valence-corrected chi connectivity index (χ0v) is 13.0.